The summed E-state index contributed by atoms with van der Waals surface area (Å²) in [6.07, 6.45) is 2.44. The zero-order chi connectivity index (χ0) is 19.1. The molecule has 0 bridgehead atoms. The van der Waals surface area contributed by atoms with Crippen molar-refractivity contribution in [2.45, 2.75) is 19.1 Å². The normalized spacial score (nSPS) is 15.6. The number of hydrogen-bond acceptors (Lipinski definition) is 5. The van der Waals surface area contributed by atoms with Gasteiger partial charge in [-0.3, -0.25) is 9.89 Å². The summed E-state index contributed by atoms with van der Waals surface area (Å²) in [6, 6.07) is 4.24. The van der Waals surface area contributed by atoms with E-state index in [-0.39, 0.29) is 17.0 Å². The van der Waals surface area contributed by atoms with E-state index in [1.807, 2.05) is 0 Å². The van der Waals surface area contributed by atoms with Gasteiger partial charge in [0.05, 0.1) is 40.8 Å². The van der Waals surface area contributed by atoms with Gasteiger partial charge in [-0.25, -0.2) is 9.07 Å². The average molecular weight is 391 g/mol. The number of nitrogens with zero attached hydrogens (tertiary/aromatic N) is 5. The second-order valence-electron chi connectivity index (χ2n) is 6.45. The van der Waals surface area contributed by atoms with Gasteiger partial charge in [-0.15, -0.1) is 5.10 Å². The number of rotatable bonds is 4. The fourth-order valence-corrected chi connectivity index (χ4v) is 3.12. The molecule has 0 radical (unpaired) electrons. The van der Waals surface area contributed by atoms with Crippen LogP contribution in [0.1, 0.15) is 35.1 Å². The third-order valence-electron chi connectivity index (χ3n) is 4.56. The summed E-state index contributed by atoms with van der Waals surface area (Å²) < 4.78 is 15.0. The predicted molar refractivity (Wildman–Crippen MR) is 94.6 cm³/mol. The highest BCUT2D eigenvalue weighted by Crippen LogP contribution is 2.29. The zero-order valence-corrected chi connectivity index (χ0v) is 15.1. The van der Waals surface area contributed by atoms with E-state index in [9.17, 15) is 14.3 Å². The molecule has 1 atom stereocenters. The average Bonchev–Trinajstić information content (AvgIpc) is 3.25. The SMILES string of the molecule is C[C@H](O)c1cn(C2CN(C(=O)c3cn[nH]c3-c3ccc(F)c(Cl)c3)C2)nn1. The van der Waals surface area contributed by atoms with Crippen LogP contribution in [0.25, 0.3) is 11.3 Å². The van der Waals surface area contributed by atoms with Crippen molar-refractivity contribution in [2.24, 2.45) is 0 Å². The lowest BCUT2D eigenvalue weighted by Gasteiger charge is -2.38. The molecular formula is C17H16ClFN6O2. The minimum absolute atomic E-state index is 0.00423. The first-order valence-electron chi connectivity index (χ1n) is 8.32. The van der Waals surface area contributed by atoms with Gasteiger partial charge in [-0.2, -0.15) is 5.10 Å². The van der Waals surface area contributed by atoms with Crippen LogP contribution < -0.4 is 0 Å². The second-order valence-corrected chi connectivity index (χ2v) is 6.86. The molecule has 1 amide bonds. The van der Waals surface area contributed by atoms with Gasteiger partial charge in [0.15, 0.2) is 0 Å². The van der Waals surface area contributed by atoms with Crippen molar-refractivity contribution < 1.29 is 14.3 Å². The number of halogens is 2. The highest BCUT2D eigenvalue weighted by Gasteiger charge is 2.35. The molecule has 1 saturated heterocycles. The van der Waals surface area contributed by atoms with Crippen molar-refractivity contribution in [3.05, 3.63) is 52.7 Å². The van der Waals surface area contributed by atoms with E-state index in [4.69, 9.17) is 11.6 Å². The first-order valence-corrected chi connectivity index (χ1v) is 8.69. The highest BCUT2D eigenvalue weighted by atomic mass is 35.5. The molecule has 27 heavy (non-hydrogen) atoms. The van der Waals surface area contributed by atoms with Crippen molar-refractivity contribution in [1.29, 1.82) is 0 Å². The molecule has 1 aromatic carbocycles. The molecular weight excluding hydrogens is 375 g/mol. The molecule has 8 nitrogen and oxygen atoms in total. The number of carbonyl (C=O) groups is 1. The van der Waals surface area contributed by atoms with Crippen LogP contribution in [0.3, 0.4) is 0 Å². The Labute approximate surface area is 158 Å². The van der Waals surface area contributed by atoms with E-state index in [0.717, 1.165) is 0 Å². The van der Waals surface area contributed by atoms with Crippen molar-refractivity contribution in [3.8, 4) is 11.3 Å². The Balaban J connectivity index is 1.49. The zero-order valence-electron chi connectivity index (χ0n) is 14.3. The fourth-order valence-electron chi connectivity index (χ4n) is 2.94. The Morgan fingerprint density at radius 1 is 1.44 bits per heavy atom. The van der Waals surface area contributed by atoms with E-state index in [1.165, 1.54) is 24.4 Å². The molecule has 0 unspecified atom stereocenters. The van der Waals surface area contributed by atoms with Gasteiger partial charge in [0.25, 0.3) is 5.91 Å². The van der Waals surface area contributed by atoms with Gasteiger partial charge in [-0.05, 0) is 25.1 Å². The maximum atomic E-state index is 13.4. The summed E-state index contributed by atoms with van der Waals surface area (Å²) in [7, 11) is 0. The van der Waals surface area contributed by atoms with Crippen molar-refractivity contribution >= 4 is 17.5 Å². The molecule has 0 spiro atoms. The van der Waals surface area contributed by atoms with Crippen LogP contribution in [-0.2, 0) is 0 Å². The molecule has 3 aromatic rings. The Morgan fingerprint density at radius 3 is 2.89 bits per heavy atom. The van der Waals surface area contributed by atoms with Gasteiger partial charge in [0.1, 0.15) is 11.5 Å². The number of hydrogen-bond donors (Lipinski definition) is 2. The summed E-state index contributed by atoms with van der Waals surface area (Å²) in [6.45, 7) is 2.56. The number of H-pyrrole nitrogens is 1. The lowest BCUT2D eigenvalue weighted by atomic mass is 10.0. The summed E-state index contributed by atoms with van der Waals surface area (Å²) in [5.41, 5.74) is 1.95. The molecule has 1 aliphatic heterocycles. The number of likely N-dealkylation sites (tertiary alicyclic amines) is 1. The lowest BCUT2D eigenvalue weighted by Crippen LogP contribution is -2.50. The topological polar surface area (TPSA) is 99.9 Å². The summed E-state index contributed by atoms with van der Waals surface area (Å²) in [5.74, 6) is -0.714. The molecule has 0 saturated carbocycles. The number of carbonyl (C=O) groups excluding carboxylic acids is 1. The number of amides is 1. The Hall–Kier alpha value is -2.78. The largest absolute Gasteiger partial charge is 0.387 e. The Kier molecular flexibility index (Phi) is 4.40. The smallest absolute Gasteiger partial charge is 0.257 e. The lowest BCUT2D eigenvalue weighted by molar-refractivity contribution is 0.0499. The highest BCUT2D eigenvalue weighted by molar-refractivity contribution is 6.31. The van der Waals surface area contributed by atoms with E-state index in [2.05, 4.69) is 20.5 Å². The third kappa shape index (κ3) is 3.19. The van der Waals surface area contributed by atoms with Crippen LogP contribution in [0.5, 0.6) is 0 Å². The molecule has 4 rings (SSSR count). The first-order chi connectivity index (χ1) is 12.9. The van der Waals surface area contributed by atoms with E-state index >= 15 is 0 Å². The van der Waals surface area contributed by atoms with Crippen molar-refractivity contribution in [3.63, 3.8) is 0 Å². The molecule has 0 aliphatic carbocycles. The van der Waals surface area contributed by atoms with Gasteiger partial charge in [-0.1, -0.05) is 16.8 Å². The van der Waals surface area contributed by atoms with Gasteiger partial charge in [0.2, 0.25) is 0 Å². The number of aromatic nitrogens is 5. The van der Waals surface area contributed by atoms with Crippen LogP contribution in [0, 0.1) is 5.82 Å². The van der Waals surface area contributed by atoms with Crippen LogP contribution in [0.15, 0.2) is 30.6 Å². The van der Waals surface area contributed by atoms with Crippen molar-refractivity contribution in [1.82, 2.24) is 30.1 Å². The number of nitrogens with one attached hydrogen (secondary N) is 1. The standard InChI is InChI=1S/C17H16ClFN6O2/c1-9(26)15-8-25(23-21-15)11-6-24(7-11)17(27)12-5-20-22-16(12)10-2-3-14(19)13(18)4-10/h2-5,8-9,11,26H,6-7H2,1H3,(H,20,22)/t9-/m0/s1. The molecule has 1 fully saturated rings. The maximum absolute atomic E-state index is 13.4. The molecule has 2 N–H and O–H groups in total. The number of benzene rings is 1. The number of aliphatic hydroxyl groups excluding tert-OH is 1. The minimum atomic E-state index is -0.687. The third-order valence-corrected chi connectivity index (χ3v) is 4.85. The molecule has 10 heteroatoms. The summed E-state index contributed by atoms with van der Waals surface area (Å²) >= 11 is 5.84. The number of aromatic amines is 1. The van der Waals surface area contributed by atoms with E-state index < -0.39 is 11.9 Å². The van der Waals surface area contributed by atoms with Crippen molar-refractivity contribution in [2.75, 3.05) is 13.1 Å². The molecule has 2 aromatic heterocycles. The minimum Gasteiger partial charge on any atom is -0.387 e. The maximum Gasteiger partial charge on any atom is 0.257 e. The number of aliphatic hydroxyl groups is 1. The predicted octanol–water partition coefficient (Wildman–Crippen LogP) is 2.21. The summed E-state index contributed by atoms with van der Waals surface area (Å²) in [4.78, 5) is 14.5. The van der Waals surface area contributed by atoms with E-state index in [0.29, 0.717) is 35.6 Å². The van der Waals surface area contributed by atoms with Gasteiger partial charge >= 0.3 is 0 Å². The van der Waals surface area contributed by atoms with Crippen LogP contribution in [0.4, 0.5) is 4.39 Å². The fraction of sp³-hybridized carbons (Fsp3) is 0.294. The molecule has 3 heterocycles. The second kappa shape index (κ2) is 6.75. The van der Waals surface area contributed by atoms with Crippen LogP contribution in [-0.4, -0.2) is 54.2 Å². The van der Waals surface area contributed by atoms with Crippen LogP contribution >= 0.6 is 11.6 Å². The quantitative estimate of drug-likeness (QED) is 0.711. The first kappa shape index (κ1) is 17.6. The molecule has 140 valence electrons. The monoisotopic (exact) mass is 390 g/mol. The Bertz CT molecular complexity index is 995. The summed E-state index contributed by atoms with van der Waals surface area (Å²) in [5, 5.41) is 24.1. The molecule has 1 aliphatic rings. The van der Waals surface area contributed by atoms with Gasteiger partial charge < -0.3 is 10.0 Å². The Morgan fingerprint density at radius 2 is 2.22 bits per heavy atom. The van der Waals surface area contributed by atoms with Crippen LogP contribution in [0.2, 0.25) is 5.02 Å². The van der Waals surface area contributed by atoms with E-state index in [1.54, 1.807) is 22.7 Å². The van der Waals surface area contributed by atoms with Gasteiger partial charge in [0, 0.05) is 18.7 Å².